The SMILES string of the molecule is COC1(C(O)Cc2c(Br)c(C)nn2C)CCCCC1. The highest BCUT2D eigenvalue weighted by Gasteiger charge is 2.39. The molecule has 1 aromatic rings. The Labute approximate surface area is 123 Å². The Kier molecular flexibility index (Phi) is 4.69. The lowest BCUT2D eigenvalue weighted by Crippen LogP contribution is -2.47. The van der Waals surface area contributed by atoms with Crippen LogP contribution in [0, 0.1) is 6.92 Å². The Hall–Kier alpha value is -0.390. The number of methoxy groups -OCH3 is 1. The van der Waals surface area contributed by atoms with Crippen LogP contribution in [0.2, 0.25) is 0 Å². The summed E-state index contributed by atoms with van der Waals surface area (Å²) in [6, 6.07) is 0. The minimum atomic E-state index is -0.483. The first-order valence-electron chi connectivity index (χ1n) is 6.91. The molecule has 5 heteroatoms. The minimum absolute atomic E-state index is 0.379. The molecule has 1 N–H and O–H groups in total. The molecule has 0 radical (unpaired) electrons. The van der Waals surface area contributed by atoms with Crippen LogP contribution in [0.4, 0.5) is 0 Å². The van der Waals surface area contributed by atoms with Crippen LogP contribution in [0.25, 0.3) is 0 Å². The number of ether oxygens (including phenoxy) is 1. The molecule has 1 aliphatic carbocycles. The summed E-state index contributed by atoms with van der Waals surface area (Å²) in [6.07, 6.45) is 5.49. The van der Waals surface area contributed by atoms with Gasteiger partial charge < -0.3 is 9.84 Å². The van der Waals surface area contributed by atoms with Crippen LogP contribution in [0.1, 0.15) is 43.5 Å². The van der Waals surface area contributed by atoms with E-state index >= 15 is 0 Å². The van der Waals surface area contributed by atoms with Crippen molar-refractivity contribution in [2.45, 2.75) is 57.2 Å². The van der Waals surface area contributed by atoms with E-state index in [4.69, 9.17) is 4.74 Å². The molecule has 0 aromatic carbocycles. The van der Waals surface area contributed by atoms with Crippen molar-refractivity contribution in [1.82, 2.24) is 9.78 Å². The van der Waals surface area contributed by atoms with E-state index in [-0.39, 0.29) is 5.60 Å². The van der Waals surface area contributed by atoms with Crippen molar-refractivity contribution in [3.8, 4) is 0 Å². The Bertz CT molecular complexity index is 439. The Balaban J connectivity index is 2.17. The number of aliphatic hydroxyl groups is 1. The maximum atomic E-state index is 10.6. The quantitative estimate of drug-likeness (QED) is 0.923. The fourth-order valence-electron chi connectivity index (χ4n) is 3.09. The van der Waals surface area contributed by atoms with E-state index in [9.17, 15) is 5.11 Å². The van der Waals surface area contributed by atoms with Crippen LogP contribution >= 0.6 is 15.9 Å². The van der Waals surface area contributed by atoms with Crippen LogP contribution < -0.4 is 0 Å². The predicted molar refractivity (Wildman–Crippen MR) is 78.2 cm³/mol. The third-order valence-corrected chi connectivity index (χ3v) is 5.39. The van der Waals surface area contributed by atoms with E-state index < -0.39 is 6.10 Å². The third-order valence-electron chi connectivity index (χ3n) is 4.36. The van der Waals surface area contributed by atoms with Crippen molar-refractivity contribution in [3.63, 3.8) is 0 Å². The molecule has 2 rings (SSSR count). The number of hydrogen-bond acceptors (Lipinski definition) is 3. The Morgan fingerprint density at radius 3 is 2.53 bits per heavy atom. The van der Waals surface area contributed by atoms with E-state index in [1.807, 2.05) is 18.7 Å². The molecule has 108 valence electrons. The van der Waals surface area contributed by atoms with Crippen molar-refractivity contribution < 1.29 is 9.84 Å². The fourth-order valence-corrected chi connectivity index (χ4v) is 3.59. The fraction of sp³-hybridized carbons (Fsp3) is 0.786. The summed E-state index contributed by atoms with van der Waals surface area (Å²) in [4.78, 5) is 0. The van der Waals surface area contributed by atoms with Crippen LogP contribution in [0.3, 0.4) is 0 Å². The van der Waals surface area contributed by atoms with Gasteiger partial charge in [0.15, 0.2) is 0 Å². The van der Waals surface area contributed by atoms with Gasteiger partial charge in [0.25, 0.3) is 0 Å². The summed E-state index contributed by atoms with van der Waals surface area (Å²) in [5.41, 5.74) is 1.61. The van der Waals surface area contributed by atoms with Crippen molar-refractivity contribution in [1.29, 1.82) is 0 Å². The first kappa shape index (κ1) is 15.0. The van der Waals surface area contributed by atoms with Crippen molar-refractivity contribution >= 4 is 15.9 Å². The average Bonchev–Trinajstić information content (AvgIpc) is 2.66. The zero-order valence-corrected chi connectivity index (χ0v) is 13.5. The van der Waals surface area contributed by atoms with Gasteiger partial charge in [0.2, 0.25) is 0 Å². The molecule has 0 aliphatic heterocycles. The van der Waals surface area contributed by atoms with Gasteiger partial charge in [-0.15, -0.1) is 0 Å². The number of aromatic nitrogens is 2. The molecule has 1 aromatic heterocycles. The van der Waals surface area contributed by atoms with E-state index in [0.29, 0.717) is 6.42 Å². The van der Waals surface area contributed by atoms with Crippen LogP contribution in [0.15, 0.2) is 4.47 Å². The van der Waals surface area contributed by atoms with Crippen LogP contribution in [-0.4, -0.2) is 33.7 Å². The second-order valence-corrected chi connectivity index (χ2v) is 6.31. The molecule has 0 saturated heterocycles. The van der Waals surface area contributed by atoms with Crippen molar-refractivity contribution in [2.24, 2.45) is 7.05 Å². The summed E-state index contributed by atoms with van der Waals surface area (Å²) in [6.45, 7) is 1.96. The number of aliphatic hydroxyl groups excluding tert-OH is 1. The van der Waals surface area contributed by atoms with Gasteiger partial charge in [0.1, 0.15) is 0 Å². The zero-order valence-electron chi connectivity index (χ0n) is 11.9. The summed E-state index contributed by atoms with van der Waals surface area (Å²) in [7, 11) is 3.64. The molecule has 1 aliphatic rings. The van der Waals surface area contributed by atoms with Crippen molar-refractivity contribution in [3.05, 3.63) is 15.9 Å². The number of aryl methyl sites for hydroxylation is 2. The highest BCUT2D eigenvalue weighted by molar-refractivity contribution is 9.10. The second-order valence-electron chi connectivity index (χ2n) is 5.52. The number of halogens is 1. The van der Waals surface area contributed by atoms with Gasteiger partial charge in [-0.1, -0.05) is 19.3 Å². The van der Waals surface area contributed by atoms with Gasteiger partial charge in [-0.05, 0) is 35.7 Å². The number of nitrogens with zero attached hydrogens (tertiary/aromatic N) is 2. The lowest BCUT2D eigenvalue weighted by Gasteiger charge is -2.40. The molecule has 0 spiro atoms. The Morgan fingerprint density at radius 2 is 2.05 bits per heavy atom. The first-order valence-corrected chi connectivity index (χ1v) is 7.70. The second kappa shape index (κ2) is 5.94. The molecule has 0 bridgehead atoms. The lowest BCUT2D eigenvalue weighted by molar-refractivity contribution is -0.122. The largest absolute Gasteiger partial charge is 0.390 e. The monoisotopic (exact) mass is 330 g/mol. The van der Waals surface area contributed by atoms with Gasteiger partial charge in [-0.2, -0.15) is 5.10 Å². The predicted octanol–water partition coefficient (Wildman–Crippen LogP) is 2.74. The smallest absolute Gasteiger partial charge is 0.0940 e. The standard InChI is InChI=1S/C14H23BrN2O2/c1-10-13(15)11(17(2)16-10)9-12(18)14(19-3)7-5-4-6-8-14/h12,18H,4-9H2,1-3H3. The summed E-state index contributed by atoms with van der Waals surface area (Å²) >= 11 is 3.56. The number of rotatable bonds is 4. The molecule has 0 amide bonds. The molecule has 19 heavy (non-hydrogen) atoms. The topological polar surface area (TPSA) is 47.3 Å². The highest BCUT2D eigenvalue weighted by atomic mass is 79.9. The van der Waals surface area contributed by atoms with E-state index in [1.165, 1.54) is 6.42 Å². The van der Waals surface area contributed by atoms with E-state index in [1.54, 1.807) is 7.11 Å². The maximum Gasteiger partial charge on any atom is 0.0940 e. The van der Waals surface area contributed by atoms with Gasteiger partial charge in [0, 0.05) is 20.6 Å². The van der Waals surface area contributed by atoms with Gasteiger partial charge in [0.05, 0.1) is 27.6 Å². The van der Waals surface area contributed by atoms with Gasteiger partial charge >= 0.3 is 0 Å². The van der Waals surface area contributed by atoms with Crippen LogP contribution in [0.5, 0.6) is 0 Å². The Morgan fingerprint density at radius 1 is 1.42 bits per heavy atom. The molecule has 4 nitrogen and oxygen atoms in total. The van der Waals surface area contributed by atoms with Crippen molar-refractivity contribution in [2.75, 3.05) is 7.11 Å². The van der Waals surface area contributed by atoms with Gasteiger partial charge in [-0.25, -0.2) is 0 Å². The van der Waals surface area contributed by atoms with Crippen LogP contribution in [-0.2, 0) is 18.2 Å². The molecule has 1 heterocycles. The molecule has 1 atom stereocenters. The van der Waals surface area contributed by atoms with E-state index in [2.05, 4.69) is 21.0 Å². The average molecular weight is 331 g/mol. The lowest BCUT2D eigenvalue weighted by atomic mass is 9.79. The third kappa shape index (κ3) is 2.88. The molecular formula is C14H23BrN2O2. The zero-order chi connectivity index (χ0) is 14.0. The number of hydrogen-bond donors (Lipinski definition) is 1. The first-order chi connectivity index (χ1) is 9.00. The normalized spacial score (nSPS) is 20.5. The minimum Gasteiger partial charge on any atom is -0.390 e. The molecule has 1 saturated carbocycles. The maximum absolute atomic E-state index is 10.6. The summed E-state index contributed by atoms with van der Waals surface area (Å²) < 4.78 is 8.54. The molecule has 1 fully saturated rings. The molecular weight excluding hydrogens is 308 g/mol. The van der Waals surface area contributed by atoms with E-state index in [0.717, 1.165) is 41.5 Å². The highest BCUT2D eigenvalue weighted by Crippen LogP contribution is 2.36. The van der Waals surface area contributed by atoms with Gasteiger partial charge in [-0.3, -0.25) is 4.68 Å². The summed E-state index contributed by atoms with van der Waals surface area (Å²) in [5.74, 6) is 0. The summed E-state index contributed by atoms with van der Waals surface area (Å²) in [5, 5.41) is 15.0. The molecule has 1 unspecified atom stereocenters.